The number of nitrogen functional groups attached to an aromatic ring is 1. The van der Waals surface area contributed by atoms with Crippen LogP contribution in [0.4, 0.5) is 17.1 Å². The highest BCUT2D eigenvalue weighted by Gasteiger charge is 2.20. The van der Waals surface area contributed by atoms with Gasteiger partial charge in [0.15, 0.2) is 0 Å². The quantitative estimate of drug-likeness (QED) is 0.401. The third-order valence-electron chi connectivity index (χ3n) is 2.84. The summed E-state index contributed by atoms with van der Waals surface area (Å²) < 4.78 is 0. The van der Waals surface area contributed by atoms with E-state index in [9.17, 15) is 20.2 Å². The molecule has 0 amide bonds. The van der Waals surface area contributed by atoms with Crippen molar-refractivity contribution in [2.24, 2.45) is 0 Å². The maximum Gasteiger partial charge on any atom is 0.299 e. The van der Waals surface area contributed by atoms with E-state index in [4.69, 9.17) is 5.73 Å². The second-order valence-electron chi connectivity index (χ2n) is 4.23. The van der Waals surface area contributed by atoms with Crippen LogP contribution in [-0.4, -0.2) is 9.85 Å². The highest BCUT2D eigenvalue weighted by molar-refractivity contribution is 5.81. The van der Waals surface area contributed by atoms with Crippen LogP contribution in [0.25, 0.3) is 12.2 Å². The van der Waals surface area contributed by atoms with Crippen LogP contribution in [0.15, 0.2) is 42.5 Å². The Morgan fingerprint density at radius 1 is 0.952 bits per heavy atom. The molecule has 106 valence electrons. The van der Waals surface area contributed by atoms with E-state index in [1.165, 1.54) is 12.1 Å². The number of hydrogen-bond acceptors (Lipinski definition) is 5. The summed E-state index contributed by atoms with van der Waals surface area (Å²) in [6.07, 6.45) is 3.20. The van der Waals surface area contributed by atoms with Crippen molar-refractivity contribution in [2.75, 3.05) is 5.73 Å². The SMILES string of the molecule is Nc1c(/C=C\c2ccccc2)cc([N+](=O)[O-])cc1[N+](=O)[O-]. The lowest BCUT2D eigenvalue weighted by atomic mass is 10.1. The minimum Gasteiger partial charge on any atom is -0.393 e. The molecule has 0 atom stereocenters. The number of nitrogens with zero attached hydrogens (tertiary/aromatic N) is 2. The molecule has 0 aliphatic heterocycles. The lowest BCUT2D eigenvalue weighted by Gasteiger charge is -2.02. The largest absolute Gasteiger partial charge is 0.393 e. The van der Waals surface area contributed by atoms with E-state index in [0.717, 1.165) is 11.6 Å². The molecular formula is C14H11N3O4. The molecule has 7 heteroatoms. The minimum absolute atomic E-state index is 0.0993. The van der Waals surface area contributed by atoms with Gasteiger partial charge in [0.05, 0.1) is 15.9 Å². The number of nitrogens with two attached hydrogens (primary N) is 1. The number of nitro groups is 2. The van der Waals surface area contributed by atoms with Crippen molar-refractivity contribution >= 4 is 29.2 Å². The zero-order valence-electron chi connectivity index (χ0n) is 10.8. The summed E-state index contributed by atoms with van der Waals surface area (Å²) in [5.41, 5.74) is 5.84. The molecule has 21 heavy (non-hydrogen) atoms. The summed E-state index contributed by atoms with van der Waals surface area (Å²) in [5.74, 6) is 0. The van der Waals surface area contributed by atoms with Gasteiger partial charge in [0.2, 0.25) is 0 Å². The van der Waals surface area contributed by atoms with Gasteiger partial charge in [0.25, 0.3) is 11.4 Å². The molecular weight excluding hydrogens is 274 g/mol. The average molecular weight is 285 g/mol. The predicted octanol–water partition coefficient (Wildman–Crippen LogP) is 3.26. The lowest BCUT2D eigenvalue weighted by molar-refractivity contribution is -0.393. The summed E-state index contributed by atoms with van der Waals surface area (Å²) in [4.78, 5) is 20.3. The van der Waals surface area contributed by atoms with Crippen molar-refractivity contribution in [3.05, 3.63) is 73.8 Å². The monoisotopic (exact) mass is 285 g/mol. The summed E-state index contributed by atoms with van der Waals surface area (Å²) in [5, 5.41) is 21.7. The molecule has 0 aliphatic rings. The van der Waals surface area contributed by atoms with E-state index in [0.29, 0.717) is 0 Å². The van der Waals surface area contributed by atoms with Gasteiger partial charge in [0, 0.05) is 11.6 Å². The maximum atomic E-state index is 10.9. The summed E-state index contributed by atoms with van der Waals surface area (Å²) in [6.45, 7) is 0. The number of anilines is 1. The molecule has 2 aromatic carbocycles. The molecule has 0 unspecified atom stereocenters. The Bertz CT molecular complexity index is 726. The van der Waals surface area contributed by atoms with E-state index in [1.54, 1.807) is 6.08 Å². The highest BCUT2D eigenvalue weighted by Crippen LogP contribution is 2.31. The van der Waals surface area contributed by atoms with E-state index >= 15 is 0 Å². The van der Waals surface area contributed by atoms with Crippen LogP contribution in [0.1, 0.15) is 11.1 Å². The van der Waals surface area contributed by atoms with Gasteiger partial charge in [-0.15, -0.1) is 0 Å². The average Bonchev–Trinajstić information content (AvgIpc) is 2.46. The van der Waals surface area contributed by atoms with Gasteiger partial charge in [-0.05, 0) is 5.56 Å². The van der Waals surface area contributed by atoms with Gasteiger partial charge in [-0.2, -0.15) is 0 Å². The van der Waals surface area contributed by atoms with Crippen LogP contribution in [0.5, 0.6) is 0 Å². The molecule has 0 saturated carbocycles. The molecule has 7 nitrogen and oxygen atoms in total. The number of non-ortho nitro benzene ring substituents is 1. The molecule has 2 aromatic rings. The Morgan fingerprint density at radius 2 is 1.62 bits per heavy atom. The molecule has 0 radical (unpaired) electrons. The first kappa shape index (κ1) is 14.2. The molecule has 0 spiro atoms. The fraction of sp³-hybridized carbons (Fsp3) is 0. The van der Waals surface area contributed by atoms with Crippen molar-refractivity contribution in [2.45, 2.75) is 0 Å². The van der Waals surface area contributed by atoms with Gasteiger partial charge in [-0.3, -0.25) is 20.2 Å². The first-order valence-corrected chi connectivity index (χ1v) is 5.94. The van der Waals surface area contributed by atoms with Gasteiger partial charge in [0.1, 0.15) is 5.69 Å². The first-order valence-electron chi connectivity index (χ1n) is 5.94. The summed E-state index contributed by atoms with van der Waals surface area (Å²) in [7, 11) is 0. The Labute approximate surface area is 119 Å². The van der Waals surface area contributed by atoms with Crippen LogP contribution < -0.4 is 5.73 Å². The standard InChI is InChI=1S/C14H11N3O4/c15-14-11(7-6-10-4-2-1-3-5-10)8-12(16(18)19)9-13(14)17(20)21/h1-9H,15H2/b7-6-. The smallest absolute Gasteiger partial charge is 0.299 e. The molecule has 0 bridgehead atoms. The molecule has 2 rings (SSSR count). The topological polar surface area (TPSA) is 112 Å². The number of benzene rings is 2. The van der Waals surface area contributed by atoms with E-state index in [1.807, 2.05) is 30.3 Å². The lowest BCUT2D eigenvalue weighted by Crippen LogP contribution is -2.00. The molecule has 0 aliphatic carbocycles. The van der Waals surface area contributed by atoms with Crippen LogP contribution >= 0.6 is 0 Å². The van der Waals surface area contributed by atoms with Crippen LogP contribution in [0, 0.1) is 20.2 Å². The van der Waals surface area contributed by atoms with Gasteiger partial charge >= 0.3 is 0 Å². The van der Waals surface area contributed by atoms with Crippen molar-refractivity contribution in [3.63, 3.8) is 0 Å². The first-order chi connectivity index (χ1) is 9.99. The second-order valence-corrected chi connectivity index (χ2v) is 4.23. The molecule has 0 saturated heterocycles. The Balaban J connectivity index is 2.50. The predicted molar refractivity (Wildman–Crippen MR) is 79.5 cm³/mol. The zero-order chi connectivity index (χ0) is 15.4. The van der Waals surface area contributed by atoms with Crippen molar-refractivity contribution in [3.8, 4) is 0 Å². The molecule has 0 aromatic heterocycles. The normalized spacial score (nSPS) is 10.7. The maximum absolute atomic E-state index is 10.9. The van der Waals surface area contributed by atoms with Gasteiger partial charge in [-0.25, -0.2) is 0 Å². The zero-order valence-corrected chi connectivity index (χ0v) is 10.8. The van der Waals surface area contributed by atoms with Crippen LogP contribution in [0.2, 0.25) is 0 Å². The molecule has 0 heterocycles. The number of rotatable bonds is 4. The van der Waals surface area contributed by atoms with Gasteiger partial charge < -0.3 is 5.73 Å². The van der Waals surface area contributed by atoms with Crippen molar-refractivity contribution in [1.29, 1.82) is 0 Å². The van der Waals surface area contributed by atoms with E-state index in [-0.39, 0.29) is 16.9 Å². The summed E-state index contributed by atoms with van der Waals surface area (Å²) in [6, 6.07) is 11.2. The van der Waals surface area contributed by atoms with E-state index in [2.05, 4.69) is 0 Å². The third kappa shape index (κ3) is 3.21. The molecule has 0 fully saturated rings. The minimum atomic E-state index is -0.734. The Kier molecular flexibility index (Phi) is 3.94. The van der Waals surface area contributed by atoms with Crippen molar-refractivity contribution in [1.82, 2.24) is 0 Å². The highest BCUT2D eigenvalue weighted by atomic mass is 16.6. The van der Waals surface area contributed by atoms with Crippen LogP contribution in [-0.2, 0) is 0 Å². The number of nitro benzene ring substituents is 2. The fourth-order valence-electron chi connectivity index (χ4n) is 1.79. The van der Waals surface area contributed by atoms with Crippen LogP contribution in [0.3, 0.4) is 0 Å². The molecule has 2 N–H and O–H groups in total. The van der Waals surface area contributed by atoms with Crippen molar-refractivity contribution < 1.29 is 9.85 Å². The number of hydrogen-bond donors (Lipinski definition) is 1. The Hall–Kier alpha value is -3.22. The fourth-order valence-corrected chi connectivity index (χ4v) is 1.79. The second kappa shape index (κ2) is 5.83. The van der Waals surface area contributed by atoms with Gasteiger partial charge in [-0.1, -0.05) is 42.5 Å². The summed E-state index contributed by atoms with van der Waals surface area (Å²) >= 11 is 0. The Morgan fingerprint density at radius 3 is 2.19 bits per heavy atom. The third-order valence-corrected chi connectivity index (χ3v) is 2.84. The van der Waals surface area contributed by atoms with E-state index < -0.39 is 15.5 Å².